The zero-order chi connectivity index (χ0) is 19.3. The Bertz CT molecular complexity index is 1150. The number of thiophene rings is 1. The lowest BCUT2D eigenvalue weighted by atomic mass is 10.0. The molecule has 0 bridgehead atoms. The zero-order valence-electron chi connectivity index (χ0n) is 16.5. The van der Waals surface area contributed by atoms with E-state index in [9.17, 15) is 0 Å². The van der Waals surface area contributed by atoms with Crippen molar-refractivity contribution in [1.82, 2.24) is 9.47 Å². The smallest absolute Gasteiger partial charge is 0.118 e. The molecule has 1 aliphatic rings. The molecule has 0 fully saturated rings. The maximum absolute atomic E-state index is 5.34. The van der Waals surface area contributed by atoms with Gasteiger partial charge in [0, 0.05) is 46.9 Å². The molecular formula is C24H24N2OS. The van der Waals surface area contributed by atoms with Crippen molar-refractivity contribution in [2.45, 2.75) is 19.9 Å². The normalized spacial score (nSPS) is 14.4. The van der Waals surface area contributed by atoms with E-state index in [1.54, 1.807) is 18.4 Å². The van der Waals surface area contributed by atoms with E-state index in [-0.39, 0.29) is 0 Å². The first-order valence-corrected chi connectivity index (χ1v) is 10.6. The van der Waals surface area contributed by atoms with Crippen LogP contribution in [0, 0.1) is 6.92 Å². The average Bonchev–Trinajstić information content (AvgIpc) is 3.30. The van der Waals surface area contributed by atoms with Crippen LogP contribution in [-0.4, -0.2) is 30.2 Å². The molecule has 0 saturated carbocycles. The highest BCUT2D eigenvalue weighted by molar-refractivity contribution is 7.08. The van der Waals surface area contributed by atoms with E-state index < -0.39 is 0 Å². The van der Waals surface area contributed by atoms with Gasteiger partial charge in [-0.3, -0.25) is 0 Å². The van der Waals surface area contributed by atoms with E-state index in [4.69, 9.17) is 4.74 Å². The van der Waals surface area contributed by atoms with Crippen molar-refractivity contribution in [2.24, 2.45) is 0 Å². The van der Waals surface area contributed by atoms with Crippen molar-refractivity contribution in [1.29, 1.82) is 0 Å². The number of ether oxygens (including phenoxy) is 1. The lowest BCUT2D eigenvalue weighted by molar-refractivity contribution is 0.311. The van der Waals surface area contributed by atoms with Gasteiger partial charge in [0.25, 0.3) is 0 Å². The van der Waals surface area contributed by atoms with Gasteiger partial charge in [-0.2, -0.15) is 0 Å². The van der Waals surface area contributed by atoms with Crippen LogP contribution in [0.25, 0.3) is 27.7 Å². The molecule has 0 aliphatic carbocycles. The lowest BCUT2D eigenvalue weighted by Crippen LogP contribution is -2.27. The molecule has 2 aromatic carbocycles. The van der Waals surface area contributed by atoms with E-state index in [0.717, 1.165) is 25.3 Å². The minimum atomic E-state index is 0.892. The van der Waals surface area contributed by atoms with Crippen LogP contribution >= 0.6 is 11.3 Å². The van der Waals surface area contributed by atoms with Crippen LogP contribution in [0.3, 0.4) is 0 Å². The summed E-state index contributed by atoms with van der Waals surface area (Å²) >= 11 is 1.77. The molecule has 3 nitrogen and oxygen atoms in total. The summed E-state index contributed by atoms with van der Waals surface area (Å²) in [6, 6.07) is 15.3. The quantitative estimate of drug-likeness (QED) is 0.450. The van der Waals surface area contributed by atoms with Crippen molar-refractivity contribution < 1.29 is 4.74 Å². The van der Waals surface area contributed by atoms with Gasteiger partial charge in [-0.05, 0) is 49.4 Å². The van der Waals surface area contributed by atoms with Crippen LogP contribution in [0.2, 0.25) is 0 Å². The first-order valence-electron chi connectivity index (χ1n) is 9.68. The summed E-state index contributed by atoms with van der Waals surface area (Å²) in [6.07, 6.45) is 1.08. The number of hydrogen-bond donors (Lipinski definition) is 0. The number of likely N-dealkylation sites (N-methyl/N-ethyl adjacent to an activating group) is 1. The largest absolute Gasteiger partial charge is 0.497 e. The van der Waals surface area contributed by atoms with Crippen molar-refractivity contribution in [2.75, 3.05) is 20.7 Å². The molecule has 4 aromatic rings. The minimum absolute atomic E-state index is 0.892. The second kappa shape index (κ2) is 6.80. The molecule has 2 aromatic heterocycles. The average molecular weight is 389 g/mol. The summed E-state index contributed by atoms with van der Waals surface area (Å²) < 4.78 is 7.84. The molecule has 28 heavy (non-hydrogen) atoms. The summed E-state index contributed by atoms with van der Waals surface area (Å²) in [5, 5.41) is 5.95. The molecule has 5 rings (SSSR count). The number of hydrogen-bond acceptors (Lipinski definition) is 3. The third-order valence-electron chi connectivity index (χ3n) is 5.78. The molecule has 0 amide bonds. The third-order valence-corrected chi connectivity index (χ3v) is 6.51. The number of fused-ring (bicyclic) bond motifs is 3. The molecule has 0 spiro atoms. The molecule has 1 aliphatic heterocycles. The fraction of sp³-hybridized carbons (Fsp3) is 0.250. The van der Waals surface area contributed by atoms with Gasteiger partial charge in [0.15, 0.2) is 0 Å². The number of rotatable bonds is 3. The van der Waals surface area contributed by atoms with E-state index in [0.29, 0.717) is 0 Å². The van der Waals surface area contributed by atoms with Gasteiger partial charge >= 0.3 is 0 Å². The summed E-state index contributed by atoms with van der Waals surface area (Å²) in [6.45, 7) is 4.30. The van der Waals surface area contributed by atoms with Crippen molar-refractivity contribution in [3.8, 4) is 22.6 Å². The fourth-order valence-electron chi connectivity index (χ4n) is 4.33. The molecule has 0 saturated heterocycles. The molecule has 0 N–H and O–H groups in total. The summed E-state index contributed by atoms with van der Waals surface area (Å²) in [5.74, 6) is 0.892. The van der Waals surface area contributed by atoms with Crippen LogP contribution in [-0.2, 0) is 13.0 Å². The van der Waals surface area contributed by atoms with E-state index in [1.165, 1.54) is 44.5 Å². The topological polar surface area (TPSA) is 17.4 Å². The predicted molar refractivity (Wildman–Crippen MR) is 118 cm³/mol. The van der Waals surface area contributed by atoms with Crippen molar-refractivity contribution >= 4 is 22.2 Å². The van der Waals surface area contributed by atoms with E-state index in [2.05, 4.69) is 64.5 Å². The molecule has 4 heteroatoms. The number of methoxy groups -OCH3 is 1. The maximum Gasteiger partial charge on any atom is 0.118 e. The van der Waals surface area contributed by atoms with Crippen LogP contribution in [0.5, 0.6) is 5.75 Å². The Hall–Kier alpha value is -2.56. The highest BCUT2D eigenvalue weighted by Gasteiger charge is 2.24. The Morgan fingerprint density at radius 2 is 1.86 bits per heavy atom. The molecular weight excluding hydrogens is 364 g/mol. The minimum Gasteiger partial charge on any atom is -0.497 e. The fourth-order valence-corrected chi connectivity index (χ4v) is 5.15. The maximum atomic E-state index is 5.34. The summed E-state index contributed by atoms with van der Waals surface area (Å²) in [5.41, 5.74) is 9.39. The number of benzene rings is 2. The summed E-state index contributed by atoms with van der Waals surface area (Å²) in [4.78, 5) is 2.42. The second-order valence-electron chi connectivity index (χ2n) is 7.67. The highest BCUT2D eigenvalue weighted by atomic mass is 32.1. The van der Waals surface area contributed by atoms with Crippen LogP contribution in [0.15, 0.2) is 53.2 Å². The van der Waals surface area contributed by atoms with Crippen LogP contribution < -0.4 is 4.74 Å². The Morgan fingerprint density at radius 3 is 2.64 bits per heavy atom. The van der Waals surface area contributed by atoms with Crippen molar-refractivity contribution in [3.05, 3.63) is 70.0 Å². The second-order valence-corrected chi connectivity index (χ2v) is 8.41. The zero-order valence-corrected chi connectivity index (χ0v) is 17.3. The number of nitrogens with zero attached hydrogens (tertiary/aromatic N) is 2. The predicted octanol–water partition coefficient (Wildman–Crippen LogP) is 5.66. The van der Waals surface area contributed by atoms with Gasteiger partial charge in [0.2, 0.25) is 0 Å². The van der Waals surface area contributed by atoms with Crippen LogP contribution in [0.1, 0.15) is 16.8 Å². The molecule has 142 valence electrons. The monoisotopic (exact) mass is 388 g/mol. The van der Waals surface area contributed by atoms with E-state index in [1.807, 2.05) is 12.1 Å². The Balaban J connectivity index is 1.74. The van der Waals surface area contributed by atoms with Gasteiger partial charge in [0.05, 0.1) is 18.3 Å². The summed E-state index contributed by atoms with van der Waals surface area (Å²) in [7, 11) is 3.93. The first-order chi connectivity index (χ1) is 13.7. The van der Waals surface area contributed by atoms with Gasteiger partial charge in [0.1, 0.15) is 5.75 Å². The Morgan fingerprint density at radius 1 is 1.04 bits per heavy atom. The Kier molecular flexibility index (Phi) is 4.26. The molecule has 0 unspecified atom stereocenters. The van der Waals surface area contributed by atoms with Gasteiger partial charge in [-0.25, -0.2) is 0 Å². The Labute approximate surface area is 169 Å². The van der Waals surface area contributed by atoms with Gasteiger partial charge in [-0.1, -0.05) is 23.8 Å². The van der Waals surface area contributed by atoms with Crippen LogP contribution in [0.4, 0.5) is 0 Å². The molecule has 3 heterocycles. The first kappa shape index (κ1) is 17.5. The lowest BCUT2D eigenvalue weighted by Gasteiger charge is -2.24. The highest BCUT2D eigenvalue weighted by Crippen LogP contribution is 2.39. The SMILES string of the molecule is COc1ccc(-c2cscc2-n2c3c(c4cc(C)ccc42)CN(C)CC3)cc1. The standard InChI is InChI=1S/C24H24N2OS/c1-16-4-9-22-19(12-16)20-13-25(2)11-10-23(20)26(22)24-15-28-14-21(24)17-5-7-18(27-3)8-6-17/h4-9,12,14-15H,10-11,13H2,1-3H3. The molecule has 0 atom stereocenters. The van der Waals surface area contributed by atoms with Gasteiger partial charge < -0.3 is 14.2 Å². The number of aryl methyl sites for hydroxylation is 1. The van der Waals surface area contributed by atoms with Crippen molar-refractivity contribution in [3.63, 3.8) is 0 Å². The number of aromatic nitrogens is 1. The van der Waals surface area contributed by atoms with E-state index >= 15 is 0 Å². The molecule has 0 radical (unpaired) electrons. The third kappa shape index (κ3) is 2.76. The van der Waals surface area contributed by atoms with Gasteiger partial charge in [-0.15, -0.1) is 11.3 Å².